The van der Waals surface area contributed by atoms with Gasteiger partial charge in [0, 0.05) is 10.7 Å². The van der Waals surface area contributed by atoms with E-state index in [0.29, 0.717) is 5.69 Å². The average molecular weight is 371 g/mol. The zero-order valence-electron chi connectivity index (χ0n) is 10.9. The van der Waals surface area contributed by atoms with E-state index in [9.17, 15) is 13.2 Å². The fraction of sp³-hybridized carbons (Fsp3) is 0.0769. The Morgan fingerprint density at radius 1 is 1.29 bits per heavy atom. The van der Waals surface area contributed by atoms with Crippen LogP contribution in [-0.2, 0) is 10.0 Å². The van der Waals surface area contributed by atoms with Crippen LogP contribution in [0.1, 0.15) is 15.9 Å². The molecule has 0 saturated carbocycles. The third-order valence-corrected chi connectivity index (χ3v) is 4.31. The van der Waals surface area contributed by atoms with E-state index in [1.165, 1.54) is 6.07 Å². The number of aromatic carboxylic acids is 1. The van der Waals surface area contributed by atoms with Crippen LogP contribution in [0.25, 0.3) is 0 Å². The number of carbonyl (C=O) groups is 1. The highest BCUT2D eigenvalue weighted by Gasteiger charge is 2.17. The van der Waals surface area contributed by atoms with Crippen LogP contribution in [0.2, 0.25) is 0 Å². The summed E-state index contributed by atoms with van der Waals surface area (Å²) >= 11 is 3.29. The number of sulfonamides is 1. The molecular formula is C13H11BrN2O4S. The number of hydrogen-bond acceptors (Lipinski definition) is 4. The zero-order chi connectivity index (χ0) is 15.6. The Kier molecular flexibility index (Phi) is 4.29. The maximum absolute atomic E-state index is 12.2. The van der Waals surface area contributed by atoms with Crippen molar-refractivity contribution in [3.63, 3.8) is 0 Å². The average Bonchev–Trinajstić information content (AvgIpc) is 2.37. The van der Waals surface area contributed by atoms with Gasteiger partial charge >= 0.3 is 5.97 Å². The number of rotatable bonds is 4. The number of benzene rings is 1. The van der Waals surface area contributed by atoms with Gasteiger partial charge in [-0.3, -0.25) is 4.72 Å². The van der Waals surface area contributed by atoms with Crippen LogP contribution in [0.5, 0.6) is 0 Å². The van der Waals surface area contributed by atoms with Gasteiger partial charge in [0.1, 0.15) is 0 Å². The lowest BCUT2D eigenvalue weighted by Gasteiger charge is -2.09. The summed E-state index contributed by atoms with van der Waals surface area (Å²) in [5.41, 5.74) is 1.20. The molecule has 0 aliphatic rings. The van der Waals surface area contributed by atoms with Crippen molar-refractivity contribution in [1.29, 1.82) is 0 Å². The summed E-state index contributed by atoms with van der Waals surface area (Å²) in [4.78, 5) is 14.4. The van der Waals surface area contributed by atoms with Gasteiger partial charge < -0.3 is 5.11 Å². The maximum Gasteiger partial charge on any atom is 0.337 e. The highest BCUT2D eigenvalue weighted by molar-refractivity contribution is 9.10. The molecule has 2 rings (SSSR count). The number of anilines is 1. The third-order valence-electron chi connectivity index (χ3n) is 2.55. The van der Waals surface area contributed by atoms with E-state index in [2.05, 4.69) is 25.6 Å². The Morgan fingerprint density at radius 3 is 2.52 bits per heavy atom. The third kappa shape index (κ3) is 3.79. The summed E-state index contributed by atoms with van der Waals surface area (Å²) in [6, 6.07) is 7.48. The first-order chi connectivity index (χ1) is 9.78. The second-order valence-electron chi connectivity index (χ2n) is 4.31. The summed E-state index contributed by atoms with van der Waals surface area (Å²) in [5.74, 6) is -1.16. The van der Waals surface area contributed by atoms with Crippen LogP contribution in [-0.4, -0.2) is 24.5 Å². The Balaban J connectivity index is 2.31. The van der Waals surface area contributed by atoms with Gasteiger partial charge in [-0.1, -0.05) is 15.9 Å². The second-order valence-corrected chi connectivity index (χ2v) is 6.86. The first-order valence-corrected chi connectivity index (χ1v) is 8.05. The topological polar surface area (TPSA) is 96.4 Å². The monoisotopic (exact) mass is 370 g/mol. The van der Waals surface area contributed by atoms with Crippen LogP contribution in [0.15, 0.2) is 46.0 Å². The summed E-state index contributed by atoms with van der Waals surface area (Å²) in [6.07, 6.45) is 1.00. The van der Waals surface area contributed by atoms with E-state index in [4.69, 9.17) is 5.11 Å². The summed E-state index contributed by atoms with van der Waals surface area (Å²) in [7, 11) is -3.86. The van der Waals surface area contributed by atoms with Crippen molar-refractivity contribution in [2.75, 3.05) is 4.72 Å². The lowest BCUT2D eigenvalue weighted by Crippen LogP contribution is -2.15. The highest BCUT2D eigenvalue weighted by Crippen LogP contribution is 2.21. The van der Waals surface area contributed by atoms with E-state index in [1.807, 2.05) is 13.0 Å². The Hall–Kier alpha value is -1.93. The number of carboxylic acids is 1. The predicted molar refractivity (Wildman–Crippen MR) is 80.9 cm³/mol. The quantitative estimate of drug-likeness (QED) is 0.862. The minimum atomic E-state index is -3.86. The fourth-order valence-corrected chi connectivity index (χ4v) is 3.25. The molecule has 110 valence electrons. The molecule has 0 spiro atoms. The smallest absolute Gasteiger partial charge is 0.337 e. The highest BCUT2D eigenvalue weighted by atomic mass is 79.9. The summed E-state index contributed by atoms with van der Waals surface area (Å²) < 4.78 is 27.5. The second kappa shape index (κ2) is 5.82. The summed E-state index contributed by atoms with van der Waals surface area (Å²) in [5, 5.41) is 8.52. The van der Waals surface area contributed by atoms with E-state index in [-0.39, 0.29) is 10.6 Å². The zero-order valence-corrected chi connectivity index (χ0v) is 13.3. The number of nitrogens with one attached hydrogen (secondary N) is 1. The molecular weight excluding hydrogens is 360 g/mol. The van der Waals surface area contributed by atoms with Crippen LogP contribution >= 0.6 is 15.9 Å². The Bertz CT molecular complexity index is 768. The molecule has 0 atom stereocenters. The largest absolute Gasteiger partial charge is 0.478 e. The fourth-order valence-electron chi connectivity index (χ4n) is 1.67. The van der Waals surface area contributed by atoms with Crippen molar-refractivity contribution < 1.29 is 18.3 Å². The van der Waals surface area contributed by atoms with Gasteiger partial charge in [0.05, 0.1) is 11.3 Å². The van der Waals surface area contributed by atoms with Gasteiger partial charge in [-0.2, -0.15) is 8.42 Å². The molecule has 1 heterocycles. The standard InChI is InChI=1S/C13H11BrN2O4S/c1-8-4-10(14)6-11(5-8)16-21(19,20)12-3-2-9(7-15-12)13(17)18/h2-7,16H,1H3,(H,17,18). The number of aromatic nitrogens is 1. The van der Waals surface area contributed by atoms with Gasteiger partial charge in [0.25, 0.3) is 10.0 Å². The number of carboxylic acid groups (broad SMARTS) is 1. The van der Waals surface area contributed by atoms with Crippen LogP contribution < -0.4 is 4.72 Å². The first-order valence-electron chi connectivity index (χ1n) is 5.77. The molecule has 0 unspecified atom stereocenters. The Morgan fingerprint density at radius 2 is 2.00 bits per heavy atom. The number of pyridine rings is 1. The molecule has 0 radical (unpaired) electrons. The van der Waals surface area contributed by atoms with Crippen molar-refractivity contribution in [2.24, 2.45) is 0 Å². The van der Waals surface area contributed by atoms with E-state index in [0.717, 1.165) is 22.3 Å². The van der Waals surface area contributed by atoms with Crippen LogP contribution in [0, 0.1) is 6.92 Å². The molecule has 0 saturated heterocycles. The lowest BCUT2D eigenvalue weighted by atomic mass is 10.2. The number of nitrogens with zero attached hydrogens (tertiary/aromatic N) is 1. The molecule has 1 aromatic carbocycles. The van der Waals surface area contributed by atoms with Crippen molar-refractivity contribution in [2.45, 2.75) is 11.9 Å². The lowest BCUT2D eigenvalue weighted by molar-refractivity contribution is 0.0696. The van der Waals surface area contributed by atoms with Gasteiger partial charge in [-0.15, -0.1) is 0 Å². The van der Waals surface area contributed by atoms with Gasteiger partial charge in [0.15, 0.2) is 5.03 Å². The van der Waals surface area contributed by atoms with E-state index in [1.54, 1.807) is 12.1 Å². The van der Waals surface area contributed by atoms with Crippen molar-refractivity contribution >= 4 is 37.6 Å². The van der Waals surface area contributed by atoms with E-state index < -0.39 is 16.0 Å². The molecule has 6 nitrogen and oxygen atoms in total. The van der Waals surface area contributed by atoms with Gasteiger partial charge in [-0.05, 0) is 42.8 Å². The molecule has 0 fully saturated rings. The molecule has 0 aliphatic heterocycles. The van der Waals surface area contributed by atoms with Crippen molar-refractivity contribution in [3.05, 3.63) is 52.1 Å². The molecule has 1 aromatic heterocycles. The first kappa shape index (κ1) is 15.5. The Labute approximate surface area is 130 Å². The predicted octanol–water partition coefficient (Wildman–Crippen LogP) is 2.65. The molecule has 8 heteroatoms. The van der Waals surface area contributed by atoms with Gasteiger partial charge in [0.2, 0.25) is 0 Å². The molecule has 21 heavy (non-hydrogen) atoms. The molecule has 2 aromatic rings. The van der Waals surface area contributed by atoms with Crippen molar-refractivity contribution in [3.8, 4) is 0 Å². The molecule has 0 amide bonds. The van der Waals surface area contributed by atoms with E-state index >= 15 is 0 Å². The molecule has 0 bridgehead atoms. The normalized spacial score (nSPS) is 11.1. The SMILES string of the molecule is Cc1cc(Br)cc(NS(=O)(=O)c2ccc(C(=O)O)cn2)c1. The van der Waals surface area contributed by atoms with Crippen LogP contribution in [0.3, 0.4) is 0 Å². The minimum Gasteiger partial charge on any atom is -0.478 e. The summed E-state index contributed by atoms with van der Waals surface area (Å²) in [6.45, 7) is 1.84. The van der Waals surface area contributed by atoms with Crippen molar-refractivity contribution in [1.82, 2.24) is 4.98 Å². The van der Waals surface area contributed by atoms with Crippen LogP contribution in [0.4, 0.5) is 5.69 Å². The number of hydrogen-bond donors (Lipinski definition) is 2. The maximum atomic E-state index is 12.2. The number of halogens is 1. The minimum absolute atomic E-state index is 0.0766. The molecule has 0 aliphatic carbocycles. The van der Waals surface area contributed by atoms with Gasteiger partial charge in [-0.25, -0.2) is 9.78 Å². The molecule has 2 N–H and O–H groups in total. The number of aryl methyl sites for hydroxylation is 1.